The zero-order valence-electron chi connectivity index (χ0n) is 9.89. The molecular weight excluding hydrogens is 204 g/mol. The van der Waals surface area contributed by atoms with Gasteiger partial charge in [0.15, 0.2) is 11.9 Å². The van der Waals surface area contributed by atoms with Crippen LogP contribution in [-0.2, 0) is 9.53 Å². The fraction of sp³-hybridized carbons (Fsp3) is 0.583. The first kappa shape index (κ1) is 12.1. The van der Waals surface area contributed by atoms with Crippen LogP contribution in [0.1, 0.15) is 19.8 Å². The van der Waals surface area contributed by atoms with Crippen molar-refractivity contribution in [3.05, 3.63) is 11.8 Å². The van der Waals surface area contributed by atoms with E-state index in [0.717, 1.165) is 12.2 Å². The second kappa shape index (κ2) is 4.67. The Hall–Kier alpha value is -1.01. The van der Waals surface area contributed by atoms with E-state index in [4.69, 9.17) is 4.74 Å². The molecule has 1 aliphatic rings. The summed E-state index contributed by atoms with van der Waals surface area (Å²) < 4.78 is 5.59. The van der Waals surface area contributed by atoms with Gasteiger partial charge in [-0.3, -0.25) is 4.79 Å². The molecule has 2 nitrogen and oxygen atoms in total. The molecule has 0 aliphatic carbocycles. The molecule has 0 saturated carbocycles. The van der Waals surface area contributed by atoms with Gasteiger partial charge in [-0.05, 0) is 0 Å². The van der Waals surface area contributed by atoms with Crippen LogP contribution < -0.4 is 0 Å². The quantitative estimate of drug-likeness (QED) is 0.503. The maximum absolute atomic E-state index is 11.4. The summed E-state index contributed by atoms with van der Waals surface area (Å²) in [5.74, 6) is 3.98. The smallest absolute Gasteiger partial charge is 0.165 e. The van der Waals surface area contributed by atoms with Crippen molar-refractivity contribution in [1.29, 1.82) is 0 Å². The largest absolute Gasteiger partial charge is 0.482 e. The third-order valence-electron chi connectivity index (χ3n) is 1.96. The van der Waals surface area contributed by atoms with Crippen molar-refractivity contribution in [2.75, 3.05) is 0 Å². The van der Waals surface area contributed by atoms with Crippen LogP contribution in [0.5, 0.6) is 0 Å². The number of hydrogen-bond acceptors (Lipinski definition) is 2. The van der Waals surface area contributed by atoms with Crippen molar-refractivity contribution in [3.8, 4) is 11.5 Å². The van der Waals surface area contributed by atoms with Gasteiger partial charge in [-0.25, -0.2) is 0 Å². The number of carbonyl (C=O) groups excluding carboxylic acids is 1. The van der Waals surface area contributed by atoms with Crippen LogP contribution in [0, 0.1) is 11.5 Å². The topological polar surface area (TPSA) is 26.3 Å². The molecule has 0 radical (unpaired) electrons. The Morgan fingerprint density at radius 3 is 2.73 bits per heavy atom. The number of rotatable bonds is 1. The molecule has 3 heteroatoms. The summed E-state index contributed by atoms with van der Waals surface area (Å²) in [5.41, 5.74) is 3.24. The van der Waals surface area contributed by atoms with E-state index >= 15 is 0 Å². The molecule has 1 aliphatic heterocycles. The van der Waals surface area contributed by atoms with Crippen LogP contribution in [0.15, 0.2) is 11.8 Å². The maximum atomic E-state index is 11.4. The number of carbonyl (C=O) groups is 1. The number of hydrogen-bond donors (Lipinski definition) is 0. The normalized spacial score (nSPS) is 21.2. The summed E-state index contributed by atoms with van der Waals surface area (Å²) in [4.78, 5) is 11.4. The van der Waals surface area contributed by atoms with Gasteiger partial charge in [0, 0.05) is 12.5 Å². The van der Waals surface area contributed by atoms with Crippen LogP contribution in [0.4, 0.5) is 0 Å². The first-order valence-corrected chi connectivity index (χ1v) is 8.83. The van der Waals surface area contributed by atoms with Crippen LogP contribution in [0.2, 0.25) is 19.6 Å². The Bertz CT molecular complexity index is 339. The molecule has 82 valence electrons. The highest BCUT2D eigenvalue weighted by Crippen LogP contribution is 2.16. The van der Waals surface area contributed by atoms with Gasteiger partial charge in [0.25, 0.3) is 0 Å². The molecule has 1 atom stereocenters. The van der Waals surface area contributed by atoms with Gasteiger partial charge < -0.3 is 4.74 Å². The van der Waals surface area contributed by atoms with E-state index < -0.39 is 8.07 Å². The molecule has 0 amide bonds. The summed E-state index contributed by atoms with van der Waals surface area (Å²) in [5, 5.41) is 0. The van der Waals surface area contributed by atoms with Crippen LogP contribution in [0.3, 0.4) is 0 Å². The number of ether oxygens (including phenoxy) is 1. The summed E-state index contributed by atoms with van der Waals surface area (Å²) in [6.45, 7) is 8.52. The molecule has 0 aromatic carbocycles. The van der Waals surface area contributed by atoms with Gasteiger partial charge in [-0.1, -0.05) is 32.5 Å². The van der Waals surface area contributed by atoms with E-state index in [1.54, 1.807) is 6.08 Å². The second-order valence-electron chi connectivity index (χ2n) is 4.76. The van der Waals surface area contributed by atoms with Crippen molar-refractivity contribution >= 4 is 13.9 Å². The molecule has 0 bridgehead atoms. The molecule has 1 rings (SSSR count). The van der Waals surface area contributed by atoms with Crippen molar-refractivity contribution < 1.29 is 9.53 Å². The Kier molecular flexibility index (Phi) is 3.76. The van der Waals surface area contributed by atoms with Gasteiger partial charge in [-0.2, -0.15) is 0 Å². The van der Waals surface area contributed by atoms with Gasteiger partial charge >= 0.3 is 0 Å². The van der Waals surface area contributed by atoms with E-state index in [1.165, 1.54) is 0 Å². The third-order valence-corrected chi connectivity index (χ3v) is 2.85. The highest BCUT2D eigenvalue weighted by atomic mass is 28.3. The molecule has 1 unspecified atom stereocenters. The fourth-order valence-electron chi connectivity index (χ4n) is 1.24. The van der Waals surface area contributed by atoms with E-state index in [-0.39, 0.29) is 11.9 Å². The average Bonchev–Trinajstić information content (AvgIpc) is 2.13. The molecule has 1 heterocycles. The summed E-state index contributed by atoms with van der Waals surface area (Å²) in [6.07, 6.45) is 2.54. The fourth-order valence-corrected chi connectivity index (χ4v) is 1.84. The first-order chi connectivity index (χ1) is 6.90. The monoisotopic (exact) mass is 222 g/mol. The standard InChI is InChI=1S/C12H18O2Si/c1-5-11-8-10(13)9-12(14-11)6-7-15(2,3)4/h8,12H,5,9H2,1-4H3. The van der Waals surface area contributed by atoms with Crippen molar-refractivity contribution in [1.82, 2.24) is 0 Å². The molecule has 0 spiro atoms. The summed E-state index contributed by atoms with van der Waals surface area (Å²) in [7, 11) is -1.37. The second-order valence-corrected chi connectivity index (χ2v) is 9.51. The highest BCUT2D eigenvalue weighted by molar-refractivity contribution is 6.83. The van der Waals surface area contributed by atoms with Crippen molar-refractivity contribution in [2.24, 2.45) is 0 Å². The van der Waals surface area contributed by atoms with Crippen LogP contribution >= 0.6 is 0 Å². The van der Waals surface area contributed by atoms with E-state index in [1.807, 2.05) is 6.92 Å². The van der Waals surface area contributed by atoms with Gasteiger partial charge in [0.05, 0.1) is 6.42 Å². The number of ketones is 1. The summed E-state index contributed by atoms with van der Waals surface area (Å²) >= 11 is 0. The van der Waals surface area contributed by atoms with Crippen molar-refractivity contribution in [2.45, 2.75) is 45.5 Å². The Balaban J connectivity index is 2.70. The average molecular weight is 222 g/mol. The Labute approximate surface area is 92.7 Å². The highest BCUT2D eigenvalue weighted by Gasteiger charge is 2.19. The van der Waals surface area contributed by atoms with Gasteiger partial charge in [0.1, 0.15) is 13.8 Å². The lowest BCUT2D eigenvalue weighted by Crippen LogP contribution is -2.23. The molecule has 0 N–H and O–H groups in total. The minimum Gasteiger partial charge on any atom is -0.482 e. The predicted octanol–water partition coefficient (Wildman–Crippen LogP) is 2.52. The Morgan fingerprint density at radius 2 is 2.20 bits per heavy atom. The van der Waals surface area contributed by atoms with E-state index in [2.05, 4.69) is 31.1 Å². The molecule has 0 fully saturated rings. The molecule has 0 saturated heterocycles. The van der Waals surface area contributed by atoms with Gasteiger partial charge in [-0.15, -0.1) is 5.54 Å². The molecule has 0 aromatic rings. The molecular formula is C12H18O2Si. The number of allylic oxidation sites excluding steroid dienone is 2. The zero-order chi connectivity index (χ0) is 11.5. The SMILES string of the molecule is CCC1=CC(=O)CC(C#C[Si](C)(C)C)O1. The zero-order valence-corrected chi connectivity index (χ0v) is 10.9. The van der Waals surface area contributed by atoms with E-state index in [9.17, 15) is 4.79 Å². The van der Waals surface area contributed by atoms with Crippen LogP contribution in [-0.4, -0.2) is 20.0 Å². The first-order valence-electron chi connectivity index (χ1n) is 5.33. The van der Waals surface area contributed by atoms with E-state index in [0.29, 0.717) is 6.42 Å². The molecule has 15 heavy (non-hydrogen) atoms. The molecule has 0 aromatic heterocycles. The summed E-state index contributed by atoms with van der Waals surface area (Å²) in [6, 6.07) is 0. The lowest BCUT2D eigenvalue weighted by molar-refractivity contribution is -0.117. The minimum atomic E-state index is -1.37. The Morgan fingerprint density at radius 1 is 1.53 bits per heavy atom. The van der Waals surface area contributed by atoms with Crippen molar-refractivity contribution in [3.63, 3.8) is 0 Å². The van der Waals surface area contributed by atoms with Gasteiger partial charge in [0.2, 0.25) is 0 Å². The lowest BCUT2D eigenvalue weighted by Gasteiger charge is -2.19. The minimum absolute atomic E-state index is 0.132. The third kappa shape index (κ3) is 4.35. The maximum Gasteiger partial charge on any atom is 0.165 e. The predicted molar refractivity (Wildman–Crippen MR) is 64.0 cm³/mol. The van der Waals surface area contributed by atoms with Crippen LogP contribution in [0.25, 0.3) is 0 Å². The lowest BCUT2D eigenvalue weighted by atomic mass is 10.1.